The second kappa shape index (κ2) is 15.7. The number of benzene rings is 4. The maximum atomic E-state index is 6.31. The predicted octanol–water partition coefficient (Wildman–Crippen LogP) is 14.0. The third-order valence-corrected chi connectivity index (χ3v) is 15.6. The van der Waals surface area contributed by atoms with Crippen molar-refractivity contribution in [3.8, 4) is 0 Å². The molecule has 0 N–H and O–H groups in total. The normalized spacial score (nSPS) is 11.5. The molecule has 0 heterocycles. The molecular weight excluding hydrogens is 902 g/mol. The molecule has 0 saturated heterocycles. The second-order valence-corrected chi connectivity index (χ2v) is 27.0. The Morgan fingerprint density at radius 3 is 1.26 bits per heavy atom. The van der Waals surface area contributed by atoms with E-state index in [1.165, 1.54) is 43.8 Å². The summed E-state index contributed by atoms with van der Waals surface area (Å²) in [7, 11) is 12.6. The molecule has 240 valence electrons. The summed E-state index contributed by atoms with van der Waals surface area (Å²) in [5.74, 6) is 0. The summed E-state index contributed by atoms with van der Waals surface area (Å²) < 4.78 is 3.23. The fourth-order valence-corrected chi connectivity index (χ4v) is 12.8. The first-order valence-electron chi connectivity index (χ1n) is 15.5. The molecule has 6 rings (SSSR count). The predicted molar refractivity (Wildman–Crippen MR) is 209 cm³/mol. The number of halogens is 4. The zero-order valence-corrected chi connectivity index (χ0v) is 36.2. The molecule has 0 spiro atoms. The minimum absolute atomic E-state index is 0.180. The topological polar surface area (TPSA) is 0 Å². The van der Waals surface area contributed by atoms with Crippen molar-refractivity contribution >= 4 is 73.8 Å². The van der Waals surface area contributed by atoms with Crippen LogP contribution in [0.2, 0.25) is 0 Å². The number of hydrogen-bond donors (Lipinski definition) is 0. The molecule has 0 saturated carbocycles. The van der Waals surface area contributed by atoms with Crippen LogP contribution in [0.4, 0.5) is 0 Å². The SMILES string of the molecule is Cc1cc2[cH-]c3cc(C)c(C(C)(C)C)cc3c2cc1C(C)(C)C.[Cl][Hf]([Cl])=[C](c1ccc(Br)cc1)c1ccc(Br)cc1.c1cc[cH-]c1. The molecule has 46 heavy (non-hydrogen) atoms. The Bertz CT molecular complexity index is 1790. The summed E-state index contributed by atoms with van der Waals surface area (Å²) in [4.78, 5) is 0. The Labute approximate surface area is 307 Å². The van der Waals surface area contributed by atoms with Gasteiger partial charge in [-0.1, -0.05) is 75.9 Å². The minimum Gasteiger partial charge on any atom is -0.214 e. The zero-order chi connectivity index (χ0) is 33.8. The van der Waals surface area contributed by atoms with Crippen molar-refractivity contribution < 1.29 is 18.6 Å². The van der Waals surface area contributed by atoms with Crippen LogP contribution >= 0.6 is 49.0 Å². The number of fused-ring (bicyclic) bond motifs is 3. The fraction of sp³-hybridized carbons (Fsp3) is 0.244. The zero-order valence-electron chi connectivity index (χ0n) is 27.9. The third kappa shape index (κ3) is 9.50. The summed E-state index contributed by atoms with van der Waals surface area (Å²) >= 11 is 4.19. The van der Waals surface area contributed by atoms with Gasteiger partial charge in [-0.25, -0.2) is 12.1 Å². The fourth-order valence-electron chi connectivity index (χ4n) is 5.89. The summed E-state index contributed by atoms with van der Waals surface area (Å²) in [6, 6.07) is 38.2. The van der Waals surface area contributed by atoms with Crippen LogP contribution in [0.1, 0.15) is 74.9 Å². The van der Waals surface area contributed by atoms with Crippen molar-refractivity contribution in [3.05, 3.63) is 152 Å². The van der Waals surface area contributed by atoms with Gasteiger partial charge >= 0.3 is 139 Å². The van der Waals surface area contributed by atoms with Crippen LogP contribution in [0.3, 0.4) is 0 Å². The summed E-state index contributed by atoms with van der Waals surface area (Å²) in [5, 5.41) is 5.55. The van der Waals surface area contributed by atoms with Crippen LogP contribution in [0, 0.1) is 13.8 Å². The van der Waals surface area contributed by atoms with E-state index in [-0.39, 0.29) is 10.8 Å². The van der Waals surface area contributed by atoms with Gasteiger partial charge in [-0.05, 0) is 24.7 Å². The molecule has 0 aliphatic rings. The Balaban J connectivity index is 0.000000185. The Hall–Kier alpha value is -1.62. The van der Waals surface area contributed by atoms with Gasteiger partial charge in [-0.15, -0.1) is 39.7 Å². The standard InChI is InChI=1S/C23H29.C13H8Br2.C5H5.2ClH.Hf/c1-14-9-16-11-17-10-15(2)21(23(6,7)8)13-19(17)18(16)12-20(14)22(3,4)5;14-12-5-1-10(2-6-12)9-11-3-7-13(15)8-4-11;1-2-4-5-3-1;;;/h9-13H,1-8H3;1-8H;1-5H;2*1H;/q-1;;-1;;;+2/p-2. The Morgan fingerprint density at radius 1 is 0.609 bits per heavy atom. The van der Waals surface area contributed by atoms with Crippen LogP contribution < -0.4 is 0 Å². The molecule has 0 atom stereocenters. The van der Waals surface area contributed by atoms with Gasteiger partial charge in [0.25, 0.3) is 0 Å². The van der Waals surface area contributed by atoms with Gasteiger partial charge in [0.1, 0.15) is 0 Å². The molecule has 0 aliphatic carbocycles. The van der Waals surface area contributed by atoms with E-state index in [0.717, 1.165) is 23.3 Å². The molecule has 0 unspecified atom stereocenters. The van der Waals surface area contributed by atoms with E-state index in [0.29, 0.717) is 0 Å². The van der Waals surface area contributed by atoms with Crippen LogP contribution in [0.15, 0.2) is 118 Å². The molecule has 0 nitrogen and oxygen atoms in total. The third-order valence-electron chi connectivity index (χ3n) is 8.02. The molecule has 0 amide bonds. The van der Waals surface area contributed by atoms with E-state index in [2.05, 4.69) is 142 Å². The minimum atomic E-state index is -2.67. The quantitative estimate of drug-likeness (QED) is 0.120. The van der Waals surface area contributed by atoms with Crippen LogP contribution in [0.25, 0.3) is 21.5 Å². The monoisotopic (exact) mass is 942 g/mol. The number of hydrogen-bond acceptors (Lipinski definition) is 0. The number of rotatable bonds is 2. The van der Waals surface area contributed by atoms with Crippen molar-refractivity contribution in [1.82, 2.24) is 0 Å². The molecule has 6 aromatic carbocycles. The van der Waals surface area contributed by atoms with Crippen molar-refractivity contribution in [3.63, 3.8) is 0 Å². The van der Waals surface area contributed by atoms with Crippen molar-refractivity contribution in [2.75, 3.05) is 0 Å². The maximum absolute atomic E-state index is 6.31. The van der Waals surface area contributed by atoms with Crippen molar-refractivity contribution in [2.24, 2.45) is 0 Å². The summed E-state index contributed by atoms with van der Waals surface area (Å²) in [6.45, 7) is 18.3. The van der Waals surface area contributed by atoms with Crippen molar-refractivity contribution in [2.45, 2.75) is 66.2 Å². The molecular formula is C41H42Br2Cl2Hf-2. The largest absolute Gasteiger partial charge is 0.214 e. The van der Waals surface area contributed by atoms with E-state index in [1.807, 2.05) is 54.6 Å². The first-order chi connectivity index (χ1) is 21.6. The van der Waals surface area contributed by atoms with Gasteiger partial charge < -0.3 is 0 Å². The van der Waals surface area contributed by atoms with E-state index in [9.17, 15) is 0 Å². The molecule has 5 heteroatoms. The maximum Gasteiger partial charge on any atom is -0.172 e. The van der Waals surface area contributed by atoms with E-state index in [4.69, 9.17) is 17.2 Å². The van der Waals surface area contributed by atoms with Crippen LogP contribution in [-0.4, -0.2) is 3.26 Å². The molecule has 6 aromatic rings. The molecule has 0 fully saturated rings. The Morgan fingerprint density at radius 2 is 0.978 bits per heavy atom. The molecule has 0 aliphatic heterocycles. The Kier molecular flexibility index (Phi) is 12.7. The van der Waals surface area contributed by atoms with Gasteiger partial charge in [0, 0.05) is 0 Å². The molecule has 0 aromatic heterocycles. The van der Waals surface area contributed by atoms with Gasteiger partial charge in [-0.3, -0.25) is 0 Å². The molecule has 0 radical (unpaired) electrons. The average molecular weight is 944 g/mol. The summed E-state index contributed by atoms with van der Waals surface area (Å²) in [6.07, 6.45) is 0. The van der Waals surface area contributed by atoms with E-state index >= 15 is 0 Å². The van der Waals surface area contributed by atoms with E-state index < -0.39 is 18.6 Å². The average Bonchev–Trinajstić information content (AvgIpc) is 3.65. The first kappa shape index (κ1) is 37.2. The van der Waals surface area contributed by atoms with Crippen LogP contribution in [0.5, 0.6) is 0 Å². The molecule has 0 bridgehead atoms. The second-order valence-electron chi connectivity index (χ2n) is 13.8. The van der Waals surface area contributed by atoms with E-state index in [1.54, 1.807) is 0 Å². The van der Waals surface area contributed by atoms with Gasteiger partial charge in [0.05, 0.1) is 0 Å². The van der Waals surface area contributed by atoms with Crippen molar-refractivity contribution in [1.29, 1.82) is 0 Å². The summed E-state index contributed by atoms with van der Waals surface area (Å²) in [5.41, 5.74) is 8.30. The first-order valence-corrected chi connectivity index (χ1v) is 27.7. The van der Waals surface area contributed by atoms with Gasteiger partial charge in [-0.2, -0.15) is 18.2 Å². The van der Waals surface area contributed by atoms with Gasteiger partial charge in [0.15, 0.2) is 0 Å². The van der Waals surface area contributed by atoms with Crippen LogP contribution in [-0.2, 0) is 29.4 Å². The van der Waals surface area contributed by atoms with Gasteiger partial charge in [0.2, 0.25) is 0 Å². The smallest absolute Gasteiger partial charge is 0.172 e. The number of aryl methyl sites for hydroxylation is 2.